The van der Waals surface area contributed by atoms with Gasteiger partial charge in [-0.2, -0.15) is 17.5 Å². The molecule has 8 nitrogen and oxygen atoms in total. The molecule has 0 radical (unpaired) electrons. The van der Waals surface area contributed by atoms with Crippen LogP contribution in [0.1, 0.15) is 12.0 Å². The number of nitrogens with two attached hydrogens (primary N) is 1. The highest BCUT2D eigenvalue weighted by Crippen LogP contribution is 2.38. The molecule has 1 aromatic carbocycles. The van der Waals surface area contributed by atoms with Crippen LogP contribution in [-0.4, -0.2) is 75.8 Å². The number of sulfonamides is 1. The molecule has 13 heteroatoms. The maximum Gasteiger partial charge on any atom is 0.393 e. The second-order valence-corrected chi connectivity index (χ2v) is 12.1. The summed E-state index contributed by atoms with van der Waals surface area (Å²) in [7, 11) is -7.57. The van der Waals surface area contributed by atoms with Crippen molar-refractivity contribution in [2.24, 2.45) is 17.6 Å². The van der Waals surface area contributed by atoms with Gasteiger partial charge in [0, 0.05) is 32.7 Å². The average Bonchev–Trinajstić information content (AvgIpc) is 2.72. The van der Waals surface area contributed by atoms with Crippen molar-refractivity contribution >= 4 is 25.8 Å². The van der Waals surface area contributed by atoms with E-state index in [4.69, 9.17) is 5.73 Å². The van der Waals surface area contributed by atoms with Crippen LogP contribution in [0.15, 0.2) is 29.2 Å². The van der Waals surface area contributed by atoms with E-state index in [-0.39, 0.29) is 36.0 Å². The lowest BCUT2D eigenvalue weighted by molar-refractivity contribution is -0.188. The number of benzene rings is 1. The van der Waals surface area contributed by atoms with Crippen molar-refractivity contribution in [3.63, 3.8) is 0 Å². The van der Waals surface area contributed by atoms with Gasteiger partial charge in [-0.25, -0.2) is 16.8 Å². The lowest BCUT2D eigenvalue weighted by atomic mass is 9.89. The van der Waals surface area contributed by atoms with Crippen molar-refractivity contribution < 1.29 is 34.8 Å². The third kappa shape index (κ3) is 5.38. The van der Waals surface area contributed by atoms with Crippen LogP contribution in [0, 0.1) is 11.8 Å². The minimum Gasteiger partial charge on any atom is -0.340 e. The summed E-state index contributed by atoms with van der Waals surface area (Å²) >= 11 is 0. The molecule has 0 unspecified atom stereocenters. The van der Waals surface area contributed by atoms with Gasteiger partial charge in [-0.15, -0.1) is 0 Å². The third-order valence-electron chi connectivity index (χ3n) is 5.66. The zero-order chi connectivity index (χ0) is 23.0. The van der Waals surface area contributed by atoms with Gasteiger partial charge in [-0.1, -0.05) is 12.1 Å². The summed E-state index contributed by atoms with van der Waals surface area (Å²) in [6, 6.07) is 5.64. The average molecular weight is 484 g/mol. The Balaban J connectivity index is 1.88. The van der Waals surface area contributed by atoms with E-state index in [0.717, 1.165) is 0 Å². The summed E-state index contributed by atoms with van der Waals surface area (Å²) < 4.78 is 90.7. The maximum absolute atomic E-state index is 13.6. The van der Waals surface area contributed by atoms with E-state index < -0.39 is 63.3 Å². The van der Waals surface area contributed by atoms with Crippen LogP contribution in [0.3, 0.4) is 0 Å². The fourth-order valence-electron chi connectivity index (χ4n) is 3.84. The first-order valence-corrected chi connectivity index (χ1v) is 12.9. The molecule has 2 aliphatic heterocycles. The smallest absolute Gasteiger partial charge is 0.340 e. The Kier molecular flexibility index (Phi) is 6.71. The van der Waals surface area contributed by atoms with E-state index in [0.29, 0.717) is 9.87 Å². The topological polar surface area (TPSA) is 118 Å². The molecule has 2 N–H and O–H groups in total. The Morgan fingerprint density at radius 2 is 1.81 bits per heavy atom. The Hall–Kier alpha value is -1.70. The lowest BCUT2D eigenvalue weighted by Gasteiger charge is -2.39. The van der Waals surface area contributed by atoms with E-state index in [1.54, 1.807) is 6.07 Å². The van der Waals surface area contributed by atoms with Crippen LogP contribution >= 0.6 is 0 Å². The van der Waals surface area contributed by atoms with Crippen LogP contribution in [0.25, 0.3) is 0 Å². The third-order valence-corrected chi connectivity index (χ3v) is 9.09. The minimum absolute atomic E-state index is 0.0630. The van der Waals surface area contributed by atoms with Gasteiger partial charge < -0.3 is 10.6 Å². The van der Waals surface area contributed by atoms with E-state index in [2.05, 4.69) is 0 Å². The molecular weight excluding hydrogens is 459 g/mol. The molecule has 3 rings (SSSR count). The molecule has 0 spiro atoms. The Labute approximate surface area is 179 Å². The van der Waals surface area contributed by atoms with Crippen LogP contribution in [0.5, 0.6) is 0 Å². The first-order chi connectivity index (χ1) is 14.3. The fourth-order valence-corrected chi connectivity index (χ4v) is 6.65. The van der Waals surface area contributed by atoms with Crippen LogP contribution in [0.2, 0.25) is 0 Å². The highest BCUT2D eigenvalue weighted by atomic mass is 32.2. The van der Waals surface area contributed by atoms with Gasteiger partial charge >= 0.3 is 6.18 Å². The predicted octanol–water partition coefficient (Wildman–Crippen LogP) is 0.591. The first kappa shape index (κ1) is 24.0. The number of nitrogens with zero attached hydrogens (tertiary/aromatic N) is 2. The number of rotatable bonds is 4. The quantitative estimate of drug-likeness (QED) is 0.670. The number of alkyl halides is 3. The standard InChI is InChI=1S/C18H24F3N3O5S2/c19-18(20,21)15-9-14(17(25)23-4-6-30(26,27)7-5-23)11-24(12-15)31(28,29)16-3-1-2-13(8-16)10-22/h1-3,8,14-15H,4-7,9-12,22H2/t14-,15+/m0/s1. The van der Waals surface area contributed by atoms with Crippen LogP contribution < -0.4 is 5.73 Å². The van der Waals surface area contributed by atoms with Gasteiger partial charge in [0.25, 0.3) is 0 Å². The molecule has 2 saturated heterocycles. The minimum atomic E-state index is -4.68. The summed E-state index contributed by atoms with van der Waals surface area (Å²) in [5.41, 5.74) is 6.04. The highest BCUT2D eigenvalue weighted by molar-refractivity contribution is 7.91. The molecule has 1 amide bonds. The number of carbonyl (C=O) groups excluding carboxylic acids is 1. The van der Waals surface area contributed by atoms with Gasteiger partial charge in [-0.3, -0.25) is 4.79 Å². The zero-order valence-corrected chi connectivity index (χ0v) is 18.2. The van der Waals surface area contributed by atoms with Crippen molar-refractivity contribution in [3.8, 4) is 0 Å². The van der Waals surface area contributed by atoms with Crippen LogP contribution in [0.4, 0.5) is 13.2 Å². The molecule has 2 heterocycles. The summed E-state index contributed by atoms with van der Waals surface area (Å²) in [4.78, 5) is 13.9. The molecule has 2 aliphatic rings. The van der Waals surface area contributed by atoms with Gasteiger partial charge in [-0.05, 0) is 24.1 Å². The molecular formula is C18H24F3N3O5S2. The monoisotopic (exact) mass is 483 g/mol. The molecule has 1 aromatic rings. The molecule has 0 saturated carbocycles. The summed E-state index contributed by atoms with van der Waals surface area (Å²) in [6.07, 6.45) is -5.22. The van der Waals surface area contributed by atoms with Crippen molar-refractivity contribution in [2.75, 3.05) is 37.7 Å². The molecule has 2 atom stereocenters. The van der Waals surface area contributed by atoms with E-state index in [1.807, 2.05) is 0 Å². The summed E-state index contributed by atoms with van der Waals surface area (Å²) in [6.45, 7) is -1.34. The van der Waals surface area contributed by atoms with Gasteiger partial charge in [0.2, 0.25) is 15.9 Å². The number of piperidine rings is 1. The maximum atomic E-state index is 13.6. The number of carbonyl (C=O) groups is 1. The second kappa shape index (κ2) is 8.68. The highest BCUT2D eigenvalue weighted by Gasteiger charge is 2.49. The number of sulfone groups is 1. The number of hydrogen-bond donors (Lipinski definition) is 1. The molecule has 0 bridgehead atoms. The second-order valence-electron chi connectivity index (χ2n) is 7.82. The number of halogens is 3. The van der Waals surface area contributed by atoms with Crippen LogP contribution in [-0.2, 0) is 31.2 Å². The molecule has 2 fully saturated rings. The Bertz CT molecular complexity index is 1030. The van der Waals surface area contributed by atoms with Gasteiger partial charge in [0.15, 0.2) is 9.84 Å². The number of amides is 1. The van der Waals surface area contributed by atoms with Crippen molar-refractivity contribution in [3.05, 3.63) is 29.8 Å². The first-order valence-electron chi connectivity index (χ1n) is 9.68. The SMILES string of the molecule is NCc1cccc(S(=O)(=O)N2C[C@@H](C(=O)N3CCS(=O)(=O)CC3)C[C@@H](C(F)(F)F)C2)c1. The van der Waals surface area contributed by atoms with E-state index in [9.17, 15) is 34.8 Å². The number of hydrogen-bond acceptors (Lipinski definition) is 6. The predicted molar refractivity (Wildman–Crippen MR) is 106 cm³/mol. The summed E-state index contributed by atoms with van der Waals surface area (Å²) in [5, 5.41) is 0. The fraction of sp³-hybridized carbons (Fsp3) is 0.611. The normalized spacial score (nSPS) is 25.4. The Morgan fingerprint density at radius 1 is 1.16 bits per heavy atom. The molecule has 0 aliphatic carbocycles. The van der Waals surface area contributed by atoms with E-state index in [1.165, 1.54) is 23.1 Å². The summed E-state index contributed by atoms with van der Waals surface area (Å²) in [5.74, 6) is -4.39. The van der Waals surface area contributed by atoms with Crippen molar-refractivity contribution in [1.82, 2.24) is 9.21 Å². The van der Waals surface area contributed by atoms with Crippen molar-refractivity contribution in [1.29, 1.82) is 0 Å². The van der Waals surface area contributed by atoms with Gasteiger partial charge in [0.05, 0.1) is 28.2 Å². The molecule has 0 aromatic heterocycles. The van der Waals surface area contributed by atoms with Gasteiger partial charge in [0.1, 0.15) is 0 Å². The molecule has 31 heavy (non-hydrogen) atoms. The largest absolute Gasteiger partial charge is 0.393 e. The Morgan fingerprint density at radius 3 is 2.39 bits per heavy atom. The van der Waals surface area contributed by atoms with Crippen molar-refractivity contribution in [2.45, 2.75) is 24.0 Å². The van der Waals surface area contributed by atoms with E-state index >= 15 is 0 Å². The molecule has 174 valence electrons. The zero-order valence-electron chi connectivity index (χ0n) is 16.6. The lowest BCUT2D eigenvalue weighted by Crippen LogP contribution is -2.54.